The molecule has 0 radical (unpaired) electrons. The van der Waals surface area contributed by atoms with Gasteiger partial charge in [0.15, 0.2) is 0 Å². The molecule has 0 aliphatic carbocycles. The average molecular weight is 275 g/mol. The van der Waals surface area contributed by atoms with E-state index in [9.17, 15) is 9.90 Å². The highest BCUT2D eigenvalue weighted by molar-refractivity contribution is 6.35. The minimum absolute atomic E-state index is 0.237. The molecule has 1 atom stereocenters. The Balaban J connectivity index is 2.26. The highest BCUT2D eigenvalue weighted by Gasteiger charge is 2.42. The third-order valence-corrected chi connectivity index (χ3v) is 3.69. The predicted molar refractivity (Wildman–Crippen MR) is 65.7 cm³/mol. The van der Waals surface area contributed by atoms with Crippen molar-refractivity contribution in [2.45, 2.75) is 12.8 Å². The Morgan fingerprint density at radius 1 is 1.47 bits per heavy atom. The maximum absolute atomic E-state index is 11.4. The fraction of sp³-hybridized carbons (Fsp3) is 0.417. The van der Waals surface area contributed by atoms with Crippen LogP contribution in [0.15, 0.2) is 18.2 Å². The van der Waals surface area contributed by atoms with Gasteiger partial charge in [0.1, 0.15) is 0 Å². The second-order valence-electron chi connectivity index (χ2n) is 4.30. The monoisotopic (exact) mass is 274 g/mol. The SMILES string of the molecule is O=C(O)C1(Cc2ccc(Cl)cc2Cl)CCOC1. The normalized spacial score (nSPS) is 23.9. The summed E-state index contributed by atoms with van der Waals surface area (Å²) in [6.45, 7) is 0.721. The second-order valence-corrected chi connectivity index (χ2v) is 5.14. The molecule has 0 amide bonds. The smallest absolute Gasteiger partial charge is 0.312 e. The van der Waals surface area contributed by atoms with Crippen LogP contribution in [0.2, 0.25) is 10.0 Å². The van der Waals surface area contributed by atoms with Crippen molar-refractivity contribution in [3.8, 4) is 0 Å². The molecule has 0 spiro atoms. The average Bonchev–Trinajstić information content (AvgIpc) is 2.72. The van der Waals surface area contributed by atoms with Gasteiger partial charge in [-0.2, -0.15) is 0 Å². The third kappa shape index (κ3) is 2.57. The quantitative estimate of drug-likeness (QED) is 0.922. The number of hydrogen-bond donors (Lipinski definition) is 1. The zero-order valence-corrected chi connectivity index (χ0v) is 10.6. The number of benzene rings is 1. The Morgan fingerprint density at radius 2 is 2.24 bits per heavy atom. The number of aliphatic carboxylic acids is 1. The van der Waals surface area contributed by atoms with Crippen LogP contribution >= 0.6 is 23.2 Å². The molecular weight excluding hydrogens is 263 g/mol. The summed E-state index contributed by atoms with van der Waals surface area (Å²) in [7, 11) is 0. The first-order valence-corrected chi connectivity index (χ1v) is 6.04. The first-order valence-electron chi connectivity index (χ1n) is 5.29. The molecule has 3 nitrogen and oxygen atoms in total. The summed E-state index contributed by atoms with van der Waals surface area (Å²) >= 11 is 11.9. The first kappa shape index (κ1) is 12.7. The van der Waals surface area contributed by atoms with Gasteiger partial charge in [-0.15, -0.1) is 0 Å². The summed E-state index contributed by atoms with van der Waals surface area (Å²) in [5, 5.41) is 10.4. The molecule has 1 saturated heterocycles. The molecule has 1 heterocycles. The summed E-state index contributed by atoms with van der Waals surface area (Å²) in [6.07, 6.45) is 0.889. The molecule has 0 aromatic heterocycles. The maximum atomic E-state index is 11.4. The molecule has 1 aliphatic rings. The van der Waals surface area contributed by atoms with Gasteiger partial charge in [0.05, 0.1) is 12.0 Å². The van der Waals surface area contributed by atoms with Crippen LogP contribution in [-0.4, -0.2) is 24.3 Å². The van der Waals surface area contributed by atoms with E-state index in [1.807, 2.05) is 0 Å². The van der Waals surface area contributed by atoms with E-state index >= 15 is 0 Å². The van der Waals surface area contributed by atoms with Gasteiger partial charge in [-0.05, 0) is 30.5 Å². The van der Waals surface area contributed by atoms with Crippen molar-refractivity contribution in [1.29, 1.82) is 0 Å². The zero-order chi connectivity index (χ0) is 12.5. The van der Waals surface area contributed by atoms with E-state index < -0.39 is 11.4 Å². The number of halogens is 2. The van der Waals surface area contributed by atoms with E-state index in [2.05, 4.69) is 0 Å². The molecule has 92 valence electrons. The van der Waals surface area contributed by atoms with E-state index in [0.29, 0.717) is 29.5 Å². The molecule has 1 fully saturated rings. The lowest BCUT2D eigenvalue weighted by molar-refractivity contribution is -0.148. The number of rotatable bonds is 3. The molecule has 0 saturated carbocycles. The number of carbonyl (C=O) groups is 1. The highest BCUT2D eigenvalue weighted by Crippen LogP contribution is 2.35. The van der Waals surface area contributed by atoms with Crippen LogP contribution in [0.4, 0.5) is 0 Å². The molecule has 2 rings (SSSR count). The lowest BCUT2D eigenvalue weighted by Gasteiger charge is -2.22. The summed E-state index contributed by atoms with van der Waals surface area (Å²) in [6, 6.07) is 5.12. The van der Waals surface area contributed by atoms with Gasteiger partial charge in [0.2, 0.25) is 0 Å². The number of hydrogen-bond acceptors (Lipinski definition) is 2. The van der Waals surface area contributed by atoms with Crippen LogP contribution in [-0.2, 0) is 16.0 Å². The van der Waals surface area contributed by atoms with Gasteiger partial charge in [-0.25, -0.2) is 0 Å². The van der Waals surface area contributed by atoms with Gasteiger partial charge < -0.3 is 9.84 Å². The first-order chi connectivity index (χ1) is 8.03. The van der Waals surface area contributed by atoms with Gasteiger partial charge >= 0.3 is 5.97 Å². The van der Waals surface area contributed by atoms with Crippen molar-refractivity contribution in [3.63, 3.8) is 0 Å². The fourth-order valence-corrected chi connectivity index (χ4v) is 2.50. The van der Waals surface area contributed by atoms with Crippen LogP contribution in [0.1, 0.15) is 12.0 Å². The lowest BCUT2D eigenvalue weighted by Crippen LogP contribution is -2.33. The van der Waals surface area contributed by atoms with Crippen LogP contribution in [0, 0.1) is 5.41 Å². The van der Waals surface area contributed by atoms with E-state index in [-0.39, 0.29) is 6.61 Å². The Kier molecular flexibility index (Phi) is 3.61. The van der Waals surface area contributed by atoms with E-state index in [1.165, 1.54) is 0 Å². The zero-order valence-electron chi connectivity index (χ0n) is 9.08. The highest BCUT2D eigenvalue weighted by atomic mass is 35.5. The Morgan fingerprint density at radius 3 is 2.76 bits per heavy atom. The maximum Gasteiger partial charge on any atom is 0.312 e. The standard InChI is InChI=1S/C12H12Cl2O3/c13-9-2-1-8(10(14)5-9)6-12(11(15)16)3-4-17-7-12/h1-2,5H,3-4,6-7H2,(H,15,16). The topological polar surface area (TPSA) is 46.5 Å². The minimum atomic E-state index is -0.850. The molecule has 0 bridgehead atoms. The van der Waals surface area contributed by atoms with E-state index in [1.54, 1.807) is 18.2 Å². The molecule has 1 N–H and O–H groups in total. The van der Waals surface area contributed by atoms with Crippen LogP contribution in [0.3, 0.4) is 0 Å². The minimum Gasteiger partial charge on any atom is -0.481 e. The number of ether oxygens (including phenoxy) is 1. The molecule has 1 aromatic rings. The van der Waals surface area contributed by atoms with E-state index in [4.69, 9.17) is 27.9 Å². The Bertz CT molecular complexity index is 439. The van der Waals surface area contributed by atoms with Crippen molar-refractivity contribution in [2.24, 2.45) is 5.41 Å². The van der Waals surface area contributed by atoms with Gasteiger partial charge in [-0.3, -0.25) is 4.79 Å². The number of carboxylic acid groups (broad SMARTS) is 1. The van der Waals surface area contributed by atoms with Crippen molar-refractivity contribution >= 4 is 29.2 Å². The van der Waals surface area contributed by atoms with Gasteiger partial charge in [0, 0.05) is 16.7 Å². The molecular formula is C12H12Cl2O3. The predicted octanol–water partition coefficient (Wildman–Crippen LogP) is 3.03. The molecule has 1 aromatic carbocycles. The fourth-order valence-electron chi connectivity index (χ4n) is 2.02. The molecule has 1 aliphatic heterocycles. The number of carboxylic acids is 1. The Labute approximate surface area is 109 Å². The summed E-state index contributed by atoms with van der Waals surface area (Å²) < 4.78 is 5.21. The Hall–Kier alpha value is -0.770. The summed E-state index contributed by atoms with van der Waals surface area (Å²) in [4.78, 5) is 11.4. The van der Waals surface area contributed by atoms with Crippen LogP contribution in [0.5, 0.6) is 0 Å². The lowest BCUT2D eigenvalue weighted by atomic mass is 9.81. The van der Waals surface area contributed by atoms with Crippen molar-refractivity contribution in [3.05, 3.63) is 33.8 Å². The van der Waals surface area contributed by atoms with Gasteiger partial charge in [0.25, 0.3) is 0 Å². The van der Waals surface area contributed by atoms with Crippen LogP contribution < -0.4 is 0 Å². The van der Waals surface area contributed by atoms with Crippen molar-refractivity contribution < 1.29 is 14.6 Å². The van der Waals surface area contributed by atoms with Crippen LogP contribution in [0.25, 0.3) is 0 Å². The van der Waals surface area contributed by atoms with Crippen molar-refractivity contribution in [1.82, 2.24) is 0 Å². The van der Waals surface area contributed by atoms with Gasteiger partial charge in [-0.1, -0.05) is 29.3 Å². The van der Waals surface area contributed by atoms with Crippen molar-refractivity contribution in [2.75, 3.05) is 13.2 Å². The molecule has 17 heavy (non-hydrogen) atoms. The van der Waals surface area contributed by atoms with E-state index in [0.717, 1.165) is 5.56 Å². The largest absolute Gasteiger partial charge is 0.481 e. The summed E-state index contributed by atoms with van der Waals surface area (Å²) in [5.74, 6) is -0.832. The second kappa shape index (κ2) is 4.84. The molecule has 5 heteroatoms. The molecule has 1 unspecified atom stereocenters. The summed E-state index contributed by atoms with van der Waals surface area (Å²) in [5.41, 5.74) is -0.0544. The third-order valence-electron chi connectivity index (χ3n) is 3.10.